The van der Waals surface area contributed by atoms with Crippen LogP contribution in [0.1, 0.15) is 5.56 Å². The Morgan fingerprint density at radius 1 is 1.57 bits per heavy atom. The first-order valence-corrected chi connectivity index (χ1v) is 5.22. The molecule has 0 spiro atoms. The van der Waals surface area contributed by atoms with E-state index < -0.39 is 0 Å². The number of thioether (sulfide) groups is 1. The molecule has 0 N–H and O–H groups in total. The standard InChI is InChI=1S/C9H12N4S/c1-13(2)5-6-14-9-8(7-10)3-4-11-12-9/h3-4H,5-6H2,1-2H3. The minimum atomic E-state index is 0.601. The van der Waals surface area contributed by atoms with Crippen molar-refractivity contribution < 1.29 is 0 Å². The fraction of sp³-hybridized carbons (Fsp3) is 0.444. The largest absolute Gasteiger partial charge is 0.309 e. The van der Waals surface area contributed by atoms with E-state index in [-0.39, 0.29) is 0 Å². The van der Waals surface area contributed by atoms with Gasteiger partial charge in [-0.1, -0.05) is 0 Å². The monoisotopic (exact) mass is 208 g/mol. The van der Waals surface area contributed by atoms with E-state index >= 15 is 0 Å². The van der Waals surface area contributed by atoms with Gasteiger partial charge in [0, 0.05) is 12.3 Å². The first-order chi connectivity index (χ1) is 6.74. The Kier molecular flexibility index (Phi) is 4.36. The molecule has 0 radical (unpaired) electrons. The zero-order valence-electron chi connectivity index (χ0n) is 8.27. The highest BCUT2D eigenvalue weighted by molar-refractivity contribution is 7.99. The molecule has 1 rings (SSSR count). The van der Waals surface area contributed by atoms with E-state index in [0.717, 1.165) is 17.3 Å². The molecule has 1 aromatic heterocycles. The summed E-state index contributed by atoms with van der Waals surface area (Å²) in [4.78, 5) is 2.09. The molecule has 4 nitrogen and oxygen atoms in total. The van der Waals surface area contributed by atoms with Crippen LogP contribution >= 0.6 is 11.8 Å². The van der Waals surface area contributed by atoms with E-state index in [0.29, 0.717) is 5.56 Å². The molecule has 14 heavy (non-hydrogen) atoms. The Balaban J connectivity index is 2.54. The Labute approximate surface area is 87.9 Å². The lowest BCUT2D eigenvalue weighted by Crippen LogP contribution is -2.14. The molecule has 0 amide bonds. The Bertz CT molecular complexity index is 332. The normalized spacial score (nSPS) is 10.1. The molecule has 1 aromatic rings. The van der Waals surface area contributed by atoms with Gasteiger partial charge in [0.25, 0.3) is 0 Å². The summed E-state index contributed by atoms with van der Waals surface area (Å²) in [6, 6.07) is 3.78. The van der Waals surface area contributed by atoms with Crippen LogP contribution in [0.4, 0.5) is 0 Å². The van der Waals surface area contributed by atoms with Crippen molar-refractivity contribution in [1.82, 2.24) is 15.1 Å². The molecule has 74 valence electrons. The number of nitrogens with zero attached hydrogens (tertiary/aromatic N) is 4. The molecule has 0 bridgehead atoms. The zero-order chi connectivity index (χ0) is 10.4. The smallest absolute Gasteiger partial charge is 0.137 e. The zero-order valence-corrected chi connectivity index (χ0v) is 9.08. The van der Waals surface area contributed by atoms with Crippen molar-refractivity contribution in [3.63, 3.8) is 0 Å². The topological polar surface area (TPSA) is 52.8 Å². The van der Waals surface area contributed by atoms with E-state index in [1.54, 1.807) is 17.8 Å². The van der Waals surface area contributed by atoms with Gasteiger partial charge in [-0.05, 0) is 20.2 Å². The summed E-state index contributed by atoms with van der Waals surface area (Å²) in [5.41, 5.74) is 0.601. The summed E-state index contributed by atoms with van der Waals surface area (Å²) in [6.45, 7) is 0.964. The molecule has 0 unspecified atom stereocenters. The summed E-state index contributed by atoms with van der Waals surface area (Å²) in [7, 11) is 4.03. The van der Waals surface area contributed by atoms with Crippen molar-refractivity contribution in [3.8, 4) is 6.07 Å². The Morgan fingerprint density at radius 2 is 2.36 bits per heavy atom. The van der Waals surface area contributed by atoms with Crippen molar-refractivity contribution >= 4 is 11.8 Å². The molecular weight excluding hydrogens is 196 g/mol. The van der Waals surface area contributed by atoms with Gasteiger partial charge in [-0.15, -0.1) is 16.9 Å². The molecule has 5 heteroatoms. The lowest BCUT2D eigenvalue weighted by molar-refractivity contribution is 0.437. The predicted molar refractivity (Wildman–Crippen MR) is 56.0 cm³/mol. The molecule has 0 fully saturated rings. The third-order valence-electron chi connectivity index (χ3n) is 1.58. The molecule has 1 heterocycles. The number of nitriles is 1. The molecule has 0 aliphatic heterocycles. The average molecular weight is 208 g/mol. The second-order valence-electron chi connectivity index (χ2n) is 3.01. The molecular formula is C9H12N4S. The summed E-state index contributed by atoms with van der Waals surface area (Å²) >= 11 is 1.56. The highest BCUT2D eigenvalue weighted by Crippen LogP contribution is 2.17. The van der Waals surface area contributed by atoms with Gasteiger partial charge < -0.3 is 4.90 Å². The first-order valence-electron chi connectivity index (χ1n) is 4.23. The summed E-state index contributed by atoms with van der Waals surface area (Å²) in [5, 5.41) is 17.2. The number of hydrogen-bond donors (Lipinski definition) is 0. The highest BCUT2D eigenvalue weighted by Gasteiger charge is 2.03. The van der Waals surface area contributed by atoms with Gasteiger partial charge in [-0.3, -0.25) is 0 Å². The van der Waals surface area contributed by atoms with Crippen molar-refractivity contribution in [3.05, 3.63) is 17.8 Å². The predicted octanol–water partition coefficient (Wildman–Crippen LogP) is 1.00. The maximum absolute atomic E-state index is 8.79. The highest BCUT2D eigenvalue weighted by atomic mass is 32.2. The van der Waals surface area contributed by atoms with Crippen LogP contribution in [0.15, 0.2) is 17.3 Å². The summed E-state index contributed by atoms with van der Waals surface area (Å²) in [5.74, 6) is 0.917. The van der Waals surface area contributed by atoms with E-state index in [1.165, 1.54) is 6.20 Å². The van der Waals surface area contributed by atoms with E-state index in [1.807, 2.05) is 14.1 Å². The van der Waals surface area contributed by atoms with Gasteiger partial charge in [0.2, 0.25) is 0 Å². The minimum absolute atomic E-state index is 0.601. The van der Waals surface area contributed by atoms with Crippen LogP contribution in [0.3, 0.4) is 0 Å². The maximum atomic E-state index is 8.79. The van der Waals surface area contributed by atoms with Crippen molar-refractivity contribution in [2.24, 2.45) is 0 Å². The lowest BCUT2D eigenvalue weighted by atomic mass is 10.3. The Hall–Kier alpha value is -1.12. The minimum Gasteiger partial charge on any atom is -0.309 e. The lowest BCUT2D eigenvalue weighted by Gasteiger charge is -2.08. The molecule has 0 aromatic carbocycles. The van der Waals surface area contributed by atoms with Gasteiger partial charge >= 0.3 is 0 Å². The maximum Gasteiger partial charge on any atom is 0.137 e. The Morgan fingerprint density at radius 3 is 3.00 bits per heavy atom. The number of rotatable bonds is 4. The van der Waals surface area contributed by atoms with Crippen LogP contribution in [-0.2, 0) is 0 Å². The van der Waals surface area contributed by atoms with E-state index in [9.17, 15) is 0 Å². The molecule has 0 saturated carbocycles. The number of aromatic nitrogens is 2. The van der Waals surface area contributed by atoms with Gasteiger partial charge in [-0.25, -0.2) is 0 Å². The van der Waals surface area contributed by atoms with Crippen LogP contribution in [-0.4, -0.2) is 41.5 Å². The van der Waals surface area contributed by atoms with Gasteiger partial charge in [0.15, 0.2) is 0 Å². The van der Waals surface area contributed by atoms with Gasteiger partial charge in [-0.2, -0.15) is 10.4 Å². The fourth-order valence-corrected chi connectivity index (χ4v) is 1.86. The van der Waals surface area contributed by atoms with Crippen molar-refractivity contribution in [2.75, 3.05) is 26.4 Å². The van der Waals surface area contributed by atoms with Crippen LogP contribution < -0.4 is 0 Å². The molecule has 0 aliphatic carbocycles. The van der Waals surface area contributed by atoms with Gasteiger partial charge in [0.1, 0.15) is 11.1 Å². The average Bonchev–Trinajstić information content (AvgIpc) is 2.18. The van der Waals surface area contributed by atoms with Gasteiger partial charge in [0.05, 0.1) is 11.8 Å². The molecule has 0 saturated heterocycles. The molecule has 0 atom stereocenters. The second kappa shape index (κ2) is 5.58. The van der Waals surface area contributed by atoms with Crippen molar-refractivity contribution in [1.29, 1.82) is 5.26 Å². The van der Waals surface area contributed by atoms with E-state index in [2.05, 4.69) is 21.2 Å². The third-order valence-corrected chi connectivity index (χ3v) is 2.55. The quantitative estimate of drug-likeness (QED) is 0.691. The van der Waals surface area contributed by atoms with Crippen LogP contribution in [0.5, 0.6) is 0 Å². The SMILES string of the molecule is CN(C)CCSc1nnccc1C#N. The molecule has 0 aliphatic rings. The van der Waals surface area contributed by atoms with Crippen molar-refractivity contribution in [2.45, 2.75) is 5.03 Å². The third kappa shape index (κ3) is 3.32. The number of hydrogen-bond acceptors (Lipinski definition) is 5. The van der Waals surface area contributed by atoms with Crippen LogP contribution in [0.25, 0.3) is 0 Å². The van der Waals surface area contributed by atoms with E-state index in [4.69, 9.17) is 5.26 Å². The summed E-state index contributed by atoms with van der Waals surface area (Å²) in [6.07, 6.45) is 1.54. The van der Waals surface area contributed by atoms with Crippen LogP contribution in [0, 0.1) is 11.3 Å². The fourth-order valence-electron chi connectivity index (χ4n) is 0.835. The first kappa shape index (κ1) is 11.0. The van der Waals surface area contributed by atoms with Crippen LogP contribution in [0.2, 0.25) is 0 Å². The second-order valence-corrected chi connectivity index (χ2v) is 4.10. The summed E-state index contributed by atoms with van der Waals surface area (Å²) < 4.78 is 0.